The number of benzene rings is 1. The highest BCUT2D eigenvalue weighted by Crippen LogP contribution is 2.14. The second kappa shape index (κ2) is 5.89. The molecule has 0 fully saturated rings. The highest BCUT2D eigenvalue weighted by Gasteiger charge is 2.20. The number of hydrogen-bond donors (Lipinski definition) is 1. The number of hydrogen-bond acceptors (Lipinski definition) is 3. The van der Waals surface area contributed by atoms with Crippen LogP contribution in [0, 0.1) is 11.3 Å². The first kappa shape index (κ1) is 12.2. The summed E-state index contributed by atoms with van der Waals surface area (Å²) in [5.74, 6) is -0.388. The van der Waals surface area contributed by atoms with Crippen molar-refractivity contribution in [1.29, 1.82) is 5.26 Å². The zero-order chi connectivity index (χ0) is 12.0. The number of nitrogens with zero attached hydrogens (tertiary/aromatic N) is 2. The van der Waals surface area contributed by atoms with E-state index in [1.165, 1.54) is 4.90 Å². The van der Waals surface area contributed by atoms with E-state index < -0.39 is 6.10 Å². The first-order chi connectivity index (χ1) is 7.66. The SMILES string of the molecule is CN(CCC#N)C(=O)C(O)c1ccccc1. The summed E-state index contributed by atoms with van der Waals surface area (Å²) in [4.78, 5) is 13.1. The van der Waals surface area contributed by atoms with Crippen LogP contribution in [-0.4, -0.2) is 29.5 Å². The van der Waals surface area contributed by atoms with Crippen LogP contribution in [0.3, 0.4) is 0 Å². The molecule has 1 amide bonds. The highest BCUT2D eigenvalue weighted by molar-refractivity contribution is 5.81. The molecule has 16 heavy (non-hydrogen) atoms. The van der Waals surface area contributed by atoms with Crippen molar-refractivity contribution in [2.45, 2.75) is 12.5 Å². The van der Waals surface area contributed by atoms with Gasteiger partial charge in [0.2, 0.25) is 0 Å². The Balaban J connectivity index is 2.64. The molecule has 1 atom stereocenters. The smallest absolute Gasteiger partial charge is 0.255 e. The summed E-state index contributed by atoms with van der Waals surface area (Å²) >= 11 is 0. The molecule has 0 saturated carbocycles. The van der Waals surface area contributed by atoms with Crippen molar-refractivity contribution in [1.82, 2.24) is 4.90 Å². The summed E-state index contributed by atoms with van der Waals surface area (Å²) < 4.78 is 0. The molecule has 0 aromatic heterocycles. The highest BCUT2D eigenvalue weighted by atomic mass is 16.3. The molecule has 0 spiro atoms. The molecule has 0 aliphatic heterocycles. The molecule has 0 bridgehead atoms. The van der Waals surface area contributed by atoms with Crippen LogP contribution in [0.25, 0.3) is 0 Å². The topological polar surface area (TPSA) is 64.3 Å². The van der Waals surface area contributed by atoms with Gasteiger partial charge in [0, 0.05) is 13.6 Å². The Bertz CT molecular complexity index is 384. The van der Waals surface area contributed by atoms with Crippen molar-refractivity contribution >= 4 is 5.91 Å². The summed E-state index contributed by atoms with van der Waals surface area (Å²) in [5, 5.41) is 18.2. The quantitative estimate of drug-likeness (QED) is 0.822. The number of likely N-dealkylation sites (N-methyl/N-ethyl adjacent to an activating group) is 1. The van der Waals surface area contributed by atoms with Gasteiger partial charge in [0.1, 0.15) is 0 Å². The average Bonchev–Trinajstić information content (AvgIpc) is 2.35. The van der Waals surface area contributed by atoms with E-state index in [4.69, 9.17) is 5.26 Å². The second-order valence-corrected chi connectivity index (χ2v) is 3.48. The van der Waals surface area contributed by atoms with Crippen LogP contribution in [0.1, 0.15) is 18.1 Å². The van der Waals surface area contributed by atoms with Crippen LogP contribution in [0.5, 0.6) is 0 Å². The largest absolute Gasteiger partial charge is 0.378 e. The first-order valence-electron chi connectivity index (χ1n) is 5.01. The summed E-state index contributed by atoms with van der Waals surface area (Å²) in [6, 6.07) is 10.7. The molecule has 84 valence electrons. The zero-order valence-electron chi connectivity index (χ0n) is 9.13. The predicted octanol–water partition coefficient (Wildman–Crippen LogP) is 1.09. The third-order valence-corrected chi connectivity index (χ3v) is 2.28. The molecule has 4 nitrogen and oxygen atoms in total. The third kappa shape index (κ3) is 3.07. The summed E-state index contributed by atoms with van der Waals surface area (Å²) in [7, 11) is 1.58. The van der Waals surface area contributed by atoms with E-state index in [9.17, 15) is 9.90 Å². The van der Waals surface area contributed by atoms with Crippen LogP contribution in [0.4, 0.5) is 0 Å². The lowest BCUT2D eigenvalue weighted by atomic mass is 10.1. The number of aliphatic hydroxyl groups excluding tert-OH is 1. The maximum absolute atomic E-state index is 11.7. The molecule has 1 rings (SSSR count). The summed E-state index contributed by atoms with van der Waals surface area (Å²) in [6.07, 6.45) is -0.881. The van der Waals surface area contributed by atoms with E-state index in [1.54, 1.807) is 31.3 Å². The fourth-order valence-corrected chi connectivity index (χ4v) is 1.31. The number of carbonyl (C=O) groups excluding carboxylic acids is 1. The minimum atomic E-state index is -1.15. The molecule has 0 aliphatic carbocycles. The molecule has 0 saturated heterocycles. The van der Waals surface area contributed by atoms with Gasteiger partial charge in [0.05, 0.1) is 12.5 Å². The van der Waals surface area contributed by atoms with Gasteiger partial charge in [-0.1, -0.05) is 30.3 Å². The molecule has 0 heterocycles. The van der Waals surface area contributed by atoms with Gasteiger partial charge in [-0.2, -0.15) is 5.26 Å². The zero-order valence-corrected chi connectivity index (χ0v) is 9.13. The standard InChI is InChI=1S/C12H14N2O2/c1-14(9-5-8-13)12(16)11(15)10-6-3-2-4-7-10/h2-4,6-7,11,15H,5,9H2,1H3. The van der Waals surface area contributed by atoms with Gasteiger partial charge in [-0.05, 0) is 5.56 Å². The number of nitriles is 1. The minimum Gasteiger partial charge on any atom is -0.378 e. The maximum Gasteiger partial charge on any atom is 0.255 e. The molecule has 4 heteroatoms. The van der Waals surface area contributed by atoms with Crippen molar-refractivity contribution in [3.05, 3.63) is 35.9 Å². The average molecular weight is 218 g/mol. The molecule has 1 N–H and O–H groups in total. The molecule has 1 aromatic carbocycles. The van der Waals surface area contributed by atoms with Gasteiger partial charge < -0.3 is 10.0 Å². The number of carbonyl (C=O) groups is 1. The number of aliphatic hydroxyl groups is 1. The van der Waals surface area contributed by atoms with Crippen molar-refractivity contribution < 1.29 is 9.90 Å². The van der Waals surface area contributed by atoms with Gasteiger partial charge in [0.25, 0.3) is 5.91 Å². The van der Waals surface area contributed by atoms with Gasteiger partial charge in [-0.15, -0.1) is 0 Å². The van der Waals surface area contributed by atoms with E-state index in [2.05, 4.69) is 0 Å². The van der Waals surface area contributed by atoms with Crippen LogP contribution >= 0.6 is 0 Å². The van der Waals surface area contributed by atoms with Crippen molar-refractivity contribution in [2.24, 2.45) is 0 Å². The van der Waals surface area contributed by atoms with Crippen molar-refractivity contribution in [3.8, 4) is 6.07 Å². The maximum atomic E-state index is 11.7. The Morgan fingerprint density at radius 1 is 1.50 bits per heavy atom. The van der Waals surface area contributed by atoms with Gasteiger partial charge >= 0.3 is 0 Å². The van der Waals surface area contributed by atoms with Crippen LogP contribution in [0.2, 0.25) is 0 Å². The molecular formula is C12H14N2O2. The fourth-order valence-electron chi connectivity index (χ4n) is 1.31. The fraction of sp³-hybridized carbons (Fsp3) is 0.333. The lowest BCUT2D eigenvalue weighted by Crippen LogP contribution is -2.32. The molecular weight excluding hydrogens is 204 g/mol. The number of rotatable bonds is 4. The minimum absolute atomic E-state index is 0.268. The molecule has 0 aliphatic rings. The summed E-state index contributed by atoms with van der Waals surface area (Å²) in [5.41, 5.74) is 0.566. The van der Waals surface area contributed by atoms with E-state index >= 15 is 0 Å². The Hall–Kier alpha value is -1.86. The normalized spacial score (nSPS) is 11.6. The van der Waals surface area contributed by atoms with Gasteiger partial charge in [-0.25, -0.2) is 0 Å². The molecule has 1 aromatic rings. The second-order valence-electron chi connectivity index (χ2n) is 3.48. The summed E-state index contributed by atoms with van der Waals surface area (Å²) in [6.45, 7) is 0.333. The molecule has 1 unspecified atom stereocenters. The van der Waals surface area contributed by atoms with Crippen molar-refractivity contribution in [2.75, 3.05) is 13.6 Å². The lowest BCUT2D eigenvalue weighted by molar-refractivity contribution is -0.139. The van der Waals surface area contributed by atoms with E-state index in [1.807, 2.05) is 12.1 Å². The monoisotopic (exact) mass is 218 g/mol. The van der Waals surface area contributed by atoms with Crippen LogP contribution in [0.15, 0.2) is 30.3 Å². The van der Waals surface area contributed by atoms with Crippen LogP contribution in [-0.2, 0) is 4.79 Å². The Morgan fingerprint density at radius 2 is 2.12 bits per heavy atom. The van der Waals surface area contributed by atoms with E-state index in [0.29, 0.717) is 12.1 Å². The first-order valence-corrected chi connectivity index (χ1v) is 5.01. The lowest BCUT2D eigenvalue weighted by Gasteiger charge is -2.19. The Labute approximate surface area is 94.7 Å². The third-order valence-electron chi connectivity index (χ3n) is 2.28. The Morgan fingerprint density at radius 3 is 2.69 bits per heavy atom. The Kier molecular flexibility index (Phi) is 4.49. The number of amides is 1. The van der Waals surface area contributed by atoms with E-state index in [-0.39, 0.29) is 12.3 Å². The predicted molar refractivity (Wildman–Crippen MR) is 59.3 cm³/mol. The van der Waals surface area contributed by atoms with Crippen LogP contribution < -0.4 is 0 Å². The van der Waals surface area contributed by atoms with Gasteiger partial charge in [0.15, 0.2) is 6.10 Å². The van der Waals surface area contributed by atoms with Crippen molar-refractivity contribution in [3.63, 3.8) is 0 Å². The molecule has 0 radical (unpaired) electrons. The van der Waals surface area contributed by atoms with Gasteiger partial charge in [-0.3, -0.25) is 4.79 Å². The van der Waals surface area contributed by atoms with E-state index in [0.717, 1.165) is 0 Å².